The van der Waals surface area contributed by atoms with Crippen LogP contribution in [-0.2, 0) is 10.0 Å². The van der Waals surface area contributed by atoms with Gasteiger partial charge in [-0.3, -0.25) is 4.72 Å². The van der Waals surface area contributed by atoms with E-state index in [0.29, 0.717) is 20.9 Å². The first-order valence-corrected chi connectivity index (χ1v) is 9.18. The predicted molar refractivity (Wildman–Crippen MR) is 92.2 cm³/mol. The summed E-state index contributed by atoms with van der Waals surface area (Å²) in [6.07, 6.45) is -0.0136. The van der Waals surface area contributed by atoms with Crippen LogP contribution in [-0.4, -0.2) is 14.5 Å². The lowest BCUT2D eigenvalue weighted by molar-refractivity contribution is 0.242. The highest BCUT2D eigenvalue weighted by Gasteiger charge is 2.17. The maximum Gasteiger partial charge on any atom is 0.263 e. The van der Waals surface area contributed by atoms with Gasteiger partial charge in [-0.15, -0.1) is 0 Å². The van der Waals surface area contributed by atoms with Crippen LogP contribution in [0.25, 0.3) is 0 Å². The molecule has 0 aliphatic heterocycles. The van der Waals surface area contributed by atoms with E-state index in [2.05, 4.69) is 20.7 Å². The van der Waals surface area contributed by atoms with Gasteiger partial charge in [0.2, 0.25) is 0 Å². The van der Waals surface area contributed by atoms with E-state index in [0.717, 1.165) is 0 Å². The maximum absolute atomic E-state index is 12.4. The van der Waals surface area contributed by atoms with Crippen LogP contribution in [0.5, 0.6) is 5.75 Å². The Labute approximate surface area is 143 Å². The number of sulfonamides is 1. The van der Waals surface area contributed by atoms with Crippen molar-refractivity contribution in [2.45, 2.75) is 24.8 Å². The fourth-order valence-electron chi connectivity index (χ4n) is 1.79. The molecule has 0 aromatic heterocycles. The van der Waals surface area contributed by atoms with Crippen LogP contribution in [0.1, 0.15) is 13.8 Å². The molecular formula is C15H15BrClNO3S. The van der Waals surface area contributed by atoms with E-state index in [1.165, 1.54) is 12.1 Å². The molecule has 4 nitrogen and oxygen atoms in total. The van der Waals surface area contributed by atoms with Crippen LogP contribution in [0.3, 0.4) is 0 Å². The minimum atomic E-state index is -3.69. The van der Waals surface area contributed by atoms with Crippen LogP contribution < -0.4 is 9.46 Å². The molecule has 118 valence electrons. The van der Waals surface area contributed by atoms with Gasteiger partial charge in [-0.05, 0) is 60.1 Å². The zero-order valence-electron chi connectivity index (χ0n) is 12.0. The van der Waals surface area contributed by atoms with Crippen molar-refractivity contribution in [3.05, 3.63) is 52.0 Å². The number of rotatable bonds is 5. The third kappa shape index (κ3) is 4.15. The average molecular weight is 405 g/mol. The molecule has 2 rings (SSSR count). The minimum Gasteiger partial charge on any atom is -0.489 e. The molecule has 0 saturated heterocycles. The molecule has 7 heteroatoms. The Morgan fingerprint density at radius 1 is 1.18 bits per heavy atom. The first-order chi connectivity index (χ1) is 10.3. The summed E-state index contributed by atoms with van der Waals surface area (Å²) in [6, 6.07) is 11.4. The lowest BCUT2D eigenvalue weighted by atomic mass is 10.3. The summed E-state index contributed by atoms with van der Waals surface area (Å²) in [5.74, 6) is 0.514. The van der Waals surface area contributed by atoms with Gasteiger partial charge < -0.3 is 4.74 Å². The summed E-state index contributed by atoms with van der Waals surface area (Å²) >= 11 is 9.34. The van der Waals surface area contributed by atoms with Crippen molar-refractivity contribution in [1.29, 1.82) is 0 Å². The normalized spacial score (nSPS) is 11.5. The van der Waals surface area contributed by atoms with Crippen molar-refractivity contribution < 1.29 is 13.2 Å². The van der Waals surface area contributed by atoms with Gasteiger partial charge in [0, 0.05) is 4.47 Å². The topological polar surface area (TPSA) is 55.4 Å². The summed E-state index contributed by atoms with van der Waals surface area (Å²) in [6.45, 7) is 3.78. The molecule has 0 radical (unpaired) electrons. The summed E-state index contributed by atoms with van der Waals surface area (Å²) in [7, 11) is -3.69. The summed E-state index contributed by atoms with van der Waals surface area (Å²) < 4.78 is 33.3. The lowest BCUT2D eigenvalue weighted by Gasteiger charge is -2.13. The first-order valence-electron chi connectivity index (χ1n) is 6.53. The van der Waals surface area contributed by atoms with Crippen molar-refractivity contribution in [3.8, 4) is 5.75 Å². The SMILES string of the molecule is CC(C)Oc1ccc(NS(=O)(=O)c2ccccc2Br)cc1Cl. The minimum absolute atomic E-state index is 0.0136. The van der Waals surface area contributed by atoms with Gasteiger partial charge in [0.1, 0.15) is 10.6 Å². The Morgan fingerprint density at radius 3 is 2.45 bits per heavy atom. The zero-order chi connectivity index (χ0) is 16.3. The second kappa shape index (κ2) is 6.89. The number of halogens is 2. The Bertz CT molecular complexity index is 778. The van der Waals surface area contributed by atoms with E-state index in [1.54, 1.807) is 30.3 Å². The van der Waals surface area contributed by atoms with E-state index in [1.807, 2.05) is 13.8 Å². The molecule has 0 unspecified atom stereocenters. The molecule has 22 heavy (non-hydrogen) atoms. The molecular weight excluding hydrogens is 390 g/mol. The molecule has 0 spiro atoms. The Hall–Kier alpha value is -1.24. The van der Waals surface area contributed by atoms with Gasteiger partial charge in [0.05, 0.1) is 16.8 Å². The van der Waals surface area contributed by atoms with Gasteiger partial charge in [-0.1, -0.05) is 23.7 Å². The molecule has 0 heterocycles. The Kier molecular flexibility index (Phi) is 5.36. The van der Waals surface area contributed by atoms with Crippen molar-refractivity contribution in [2.24, 2.45) is 0 Å². The molecule has 0 saturated carbocycles. The molecule has 2 aromatic rings. The molecule has 2 aromatic carbocycles. The fraction of sp³-hybridized carbons (Fsp3) is 0.200. The second-order valence-electron chi connectivity index (χ2n) is 4.85. The number of anilines is 1. The summed E-state index contributed by atoms with van der Waals surface area (Å²) in [5, 5.41) is 0.348. The highest BCUT2D eigenvalue weighted by molar-refractivity contribution is 9.10. The van der Waals surface area contributed by atoms with Crippen molar-refractivity contribution >= 4 is 43.2 Å². The summed E-state index contributed by atoms with van der Waals surface area (Å²) in [4.78, 5) is 0.161. The Balaban J connectivity index is 2.27. The molecule has 0 amide bonds. The smallest absolute Gasteiger partial charge is 0.263 e. The number of hydrogen-bond donors (Lipinski definition) is 1. The van der Waals surface area contributed by atoms with Gasteiger partial charge in [-0.25, -0.2) is 8.42 Å². The standard InChI is InChI=1S/C15H15BrClNO3S/c1-10(2)21-14-8-7-11(9-13(14)17)18-22(19,20)15-6-4-3-5-12(15)16/h3-10,18H,1-2H3. The van der Waals surface area contributed by atoms with Gasteiger partial charge >= 0.3 is 0 Å². The molecule has 0 aliphatic rings. The monoisotopic (exact) mass is 403 g/mol. The highest BCUT2D eigenvalue weighted by atomic mass is 79.9. The maximum atomic E-state index is 12.4. The Morgan fingerprint density at radius 2 is 1.86 bits per heavy atom. The second-order valence-corrected chi connectivity index (χ2v) is 7.76. The van der Waals surface area contributed by atoms with E-state index < -0.39 is 10.0 Å². The predicted octanol–water partition coefficient (Wildman–Crippen LogP) is 4.69. The highest BCUT2D eigenvalue weighted by Crippen LogP contribution is 2.30. The van der Waals surface area contributed by atoms with Crippen LogP contribution in [0, 0.1) is 0 Å². The third-order valence-electron chi connectivity index (χ3n) is 2.67. The fourth-order valence-corrected chi connectivity index (χ4v) is 4.07. The van der Waals surface area contributed by atoms with Gasteiger partial charge in [-0.2, -0.15) is 0 Å². The van der Waals surface area contributed by atoms with E-state index in [-0.39, 0.29) is 11.0 Å². The average Bonchev–Trinajstić information content (AvgIpc) is 2.41. The molecule has 0 atom stereocenters. The zero-order valence-corrected chi connectivity index (χ0v) is 15.2. The van der Waals surface area contributed by atoms with Crippen LogP contribution in [0.15, 0.2) is 51.8 Å². The molecule has 1 N–H and O–H groups in total. The van der Waals surface area contributed by atoms with Crippen LogP contribution in [0.2, 0.25) is 5.02 Å². The molecule has 0 fully saturated rings. The molecule has 0 bridgehead atoms. The number of nitrogens with one attached hydrogen (secondary N) is 1. The summed E-state index contributed by atoms with van der Waals surface area (Å²) in [5.41, 5.74) is 0.372. The van der Waals surface area contributed by atoms with E-state index >= 15 is 0 Å². The third-order valence-corrected chi connectivity index (χ3v) is 5.36. The van der Waals surface area contributed by atoms with E-state index in [4.69, 9.17) is 16.3 Å². The van der Waals surface area contributed by atoms with Gasteiger partial charge in [0.15, 0.2) is 0 Å². The van der Waals surface area contributed by atoms with Crippen molar-refractivity contribution in [2.75, 3.05) is 4.72 Å². The van der Waals surface area contributed by atoms with E-state index in [9.17, 15) is 8.42 Å². The first kappa shape index (κ1) is 17.1. The van der Waals surface area contributed by atoms with Crippen molar-refractivity contribution in [3.63, 3.8) is 0 Å². The van der Waals surface area contributed by atoms with Crippen LogP contribution in [0.4, 0.5) is 5.69 Å². The number of ether oxygens (including phenoxy) is 1. The number of benzene rings is 2. The molecule has 0 aliphatic carbocycles. The number of hydrogen-bond acceptors (Lipinski definition) is 3. The van der Waals surface area contributed by atoms with Crippen LogP contribution >= 0.6 is 27.5 Å². The quantitative estimate of drug-likeness (QED) is 0.786. The largest absolute Gasteiger partial charge is 0.489 e. The lowest BCUT2D eigenvalue weighted by Crippen LogP contribution is -2.13. The van der Waals surface area contributed by atoms with Crippen molar-refractivity contribution in [1.82, 2.24) is 0 Å². The van der Waals surface area contributed by atoms with Gasteiger partial charge in [0.25, 0.3) is 10.0 Å².